The molecule has 2 N–H and O–H groups in total. The number of carboxylic acids is 1. The van der Waals surface area contributed by atoms with Crippen LogP contribution in [0.15, 0.2) is 18.2 Å². The maximum absolute atomic E-state index is 13.5. The fourth-order valence-electron chi connectivity index (χ4n) is 1.51. The highest BCUT2D eigenvalue weighted by atomic mass is 19.1. The molecule has 7 heteroatoms. The Morgan fingerprint density at radius 3 is 2.45 bits per heavy atom. The number of carbonyl (C=O) groups excluding carboxylic acids is 1. The third-order valence-electron chi connectivity index (χ3n) is 2.53. The van der Waals surface area contributed by atoms with E-state index >= 15 is 0 Å². The molecular formula is C13H15F2NO4. The first-order valence-corrected chi connectivity index (χ1v) is 6.07. The van der Waals surface area contributed by atoms with Gasteiger partial charge in [-0.2, -0.15) is 0 Å². The quantitative estimate of drug-likeness (QED) is 0.789. The first-order chi connectivity index (χ1) is 9.47. The molecule has 1 unspecified atom stereocenters. The van der Waals surface area contributed by atoms with Crippen LogP contribution < -0.4 is 5.32 Å². The van der Waals surface area contributed by atoms with Crippen molar-refractivity contribution in [1.29, 1.82) is 0 Å². The fourth-order valence-corrected chi connectivity index (χ4v) is 1.51. The Balaban J connectivity index is 2.85. The molecule has 1 aromatic carbocycles. The molecule has 0 radical (unpaired) electrons. The van der Waals surface area contributed by atoms with Crippen molar-refractivity contribution < 1.29 is 28.2 Å². The Morgan fingerprint density at radius 2 is 1.95 bits per heavy atom. The Morgan fingerprint density at radius 1 is 1.35 bits per heavy atom. The van der Waals surface area contributed by atoms with Gasteiger partial charge in [-0.1, -0.05) is 19.4 Å². The molecule has 20 heavy (non-hydrogen) atoms. The number of rotatable bonds is 6. The summed E-state index contributed by atoms with van der Waals surface area (Å²) in [6.07, 6.45) is 0.366. The van der Waals surface area contributed by atoms with E-state index in [1.807, 2.05) is 12.2 Å². The van der Waals surface area contributed by atoms with Gasteiger partial charge in [-0.05, 0) is 18.6 Å². The van der Waals surface area contributed by atoms with Crippen LogP contribution in [0.1, 0.15) is 31.4 Å². The number of ether oxygens (including phenoxy) is 1. The number of benzene rings is 1. The van der Waals surface area contributed by atoms with Gasteiger partial charge >= 0.3 is 12.1 Å². The highest BCUT2D eigenvalue weighted by molar-refractivity contribution is 5.81. The summed E-state index contributed by atoms with van der Waals surface area (Å²) < 4.78 is 31.8. The van der Waals surface area contributed by atoms with Crippen LogP contribution in [0.25, 0.3) is 0 Å². The van der Waals surface area contributed by atoms with E-state index in [-0.39, 0.29) is 6.61 Å². The lowest BCUT2D eigenvalue weighted by Crippen LogP contribution is -2.35. The van der Waals surface area contributed by atoms with Gasteiger partial charge in [0.25, 0.3) is 0 Å². The number of nitrogens with one attached hydrogen (secondary N) is 1. The molecule has 0 fully saturated rings. The summed E-state index contributed by atoms with van der Waals surface area (Å²) >= 11 is 0. The van der Waals surface area contributed by atoms with Gasteiger partial charge < -0.3 is 15.2 Å². The SMILES string of the molecule is CCCCOC(=O)NC(C(=O)O)c1c(F)cccc1F. The van der Waals surface area contributed by atoms with Gasteiger partial charge in [0.1, 0.15) is 11.6 Å². The summed E-state index contributed by atoms with van der Waals surface area (Å²) in [7, 11) is 0. The van der Waals surface area contributed by atoms with E-state index < -0.39 is 35.3 Å². The number of hydrogen-bond donors (Lipinski definition) is 2. The number of amides is 1. The van der Waals surface area contributed by atoms with Crippen molar-refractivity contribution in [3.63, 3.8) is 0 Å². The Kier molecular flexibility index (Phi) is 5.89. The number of carbonyl (C=O) groups is 2. The highest BCUT2D eigenvalue weighted by Crippen LogP contribution is 2.21. The molecule has 0 heterocycles. The van der Waals surface area contributed by atoms with Gasteiger partial charge in [0.05, 0.1) is 12.2 Å². The number of carboxylic acid groups (broad SMARTS) is 1. The molecule has 1 amide bonds. The molecule has 0 saturated heterocycles. The Labute approximate surface area is 114 Å². The number of alkyl carbamates (subject to hydrolysis) is 1. The second kappa shape index (κ2) is 7.42. The van der Waals surface area contributed by atoms with Crippen molar-refractivity contribution in [2.45, 2.75) is 25.8 Å². The second-order valence-corrected chi connectivity index (χ2v) is 4.04. The van der Waals surface area contributed by atoms with Gasteiger partial charge in [-0.15, -0.1) is 0 Å². The molecule has 1 aromatic rings. The maximum Gasteiger partial charge on any atom is 0.408 e. The molecule has 0 aliphatic rings. The monoisotopic (exact) mass is 287 g/mol. The summed E-state index contributed by atoms with van der Waals surface area (Å²) in [5.41, 5.74) is -0.729. The summed E-state index contributed by atoms with van der Waals surface area (Å²) in [5.74, 6) is -3.68. The van der Waals surface area contributed by atoms with Gasteiger partial charge in [-0.3, -0.25) is 0 Å². The van der Waals surface area contributed by atoms with Crippen molar-refractivity contribution >= 4 is 12.1 Å². The first kappa shape index (κ1) is 15.9. The number of aliphatic carboxylic acids is 1. The minimum Gasteiger partial charge on any atom is -0.479 e. The first-order valence-electron chi connectivity index (χ1n) is 6.07. The van der Waals surface area contributed by atoms with Crippen LogP contribution in [0.5, 0.6) is 0 Å². The lowest BCUT2D eigenvalue weighted by atomic mass is 10.1. The minimum atomic E-state index is -1.84. The smallest absolute Gasteiger partial charge is 0.408 e. The van der Waals surface area contributed by atoms with E-state index in [9.17, 15) is 18.4 Å². The van der Waals surface area contributed by atoms with E-state index in [0.717, 1.165) is 24.6 Å². The maximum atomic E-state index is 13.5. The minimum absolute atomic E-state index is 0.106. The molecular weight excluding hydrogens is 272 g/mol. The lowest BCUT2D eigenvalue weighted by Gasteiger charge is -2.16. The predicted molar refractivity (Wildman–Crippen MR) is 66.1 cm³/mol. The predicted octanol–water partition coefficient (Wildman–Crippen LogP) is 2.62. The highest BCUT2D eigenvalue weighted by Gasteiger charge is 2.28. The number of unbranched alkanes of at least 4 members (excludes halogenated alkanes) is 1. The van der Waals surface area contributed by atoms with Crippen molar-refractivity contribution in [3.05, 3.63) is 35.4 Å². The van der Waals surface area contributed by atoms with E-state index in [2.05, 4.69) is 0 Å². The number of hydrogen-bond acceptors (Lipinski definition) is 3. The van der Waals surface area contributed by atoms with E-state index in [4.69, 9.17) is 9.84 Å². The van der Waals surface area contributed by atoms with Gasteiger partial charge in [0.15, 0.2) is 6.04 Å². The van der Waals surface area contributed by atoms with Crippen LogP contribution in [-0.4, -0.2) is 23.8 Å². The van der Waals surface area contributed by atoms with Crippen molar-refractivity contribution in [3.8, 4) is 0 Å². The summed E-state index contributed by atoms with van der Waals surface area (Å²) in [5, 5.41) is 10.9. The molecule has 0 aliphatic heterocycles. The molecule has 1 atom stereocenters. The van der Waals surface area contributed by atoms with Crippen LogP contribution in [0, 0.1) is 11.6 Å². The summed E-state index contributed by atoms with van der Waals surface area (Å²) in [4.78, 5) is 22.5. The normalized spacial score (nSPS) is 11.8. The van der Waals surface area contributed by atoms with Crippen molar-refractivity contribution in [1.82, 2.24) is 5.32 Å². The average Bonchev–Trinajstić information content (AvgIpc) is 2.37. The topological polar surface area (TPSA) is 75.6 Å². The lowest BCUT2D eigenvalue weighted by molar-refractivity contribution is -0.139. The fraction of sp³-hybridized carbons (Fsp3) is 0.385. The van der Waals surface area contributed by atoms with Gasteiger partial charge in [0, 0.05) is 0 Å². The zero-order chi connectivity index (χ0) is 15.1. The second-order valence-electron chi connectivity index (χ2n) is 4.04. The van der Waals surface area contributed by atoms with Gasteiger partial charge in [0.2, 0.25) is 0 Å². The molecule has 0 saturated carbocycles. The average molecular weight is 287 g/mol. The molecule has 110 valence electrons. The van der Waals surface area contributed by atoms with Crippen molar-refractivity contribution in [2.75, 3.05) is 6.61 Å². The standard InChI is InChI=1S/C13H15F2NO4/c1-2-3-7-20-13(19)16-11(12(17)18)10-8(14)5-4-6-9(10)15/h4-6,11H,2-3,7H2,1H3,(H,16,19)(H,17,18). The molecule has 1 rings (SSSR count). The van der Waals surface area contributed by atoms with Crippen LogP contribution in [0.4, 0.5) is 13.6 Å². The van der Waals surface area contributed by atoms with E-state index in [0.29, 0.717) is 6.42 Å². The van der Waals surface area contributed by atoms with E-state index in [1.54, 1.807) is 0 Å². The molecule has 5 nitrogen and oxygen atoms in total. The largest absolute Gasteiger partial charge is 0.479 e. The van der Waals surface area contributed by atoms with Crippen LogP contribution >= 0.6 is 0 Å². The third-order valence-corrected chi connectivity index (χ3v) is 2.53. The van der Waals surface area contributed by atoms with Crippen LogP contribution in [0.2, 0.25) is 0 Å². The van der Waals surface area contributed by atoms with Crippen LogP contribution in [0.3, 0.4) is 0 Å². The molecule has 0 spiro atoms. The number of halogens is 2. The van der Waals surface area contributed by atoms with E-state index in [1.165, 1.54) is 0 Å². The van der Waals surface area contributed by atoms with Crippen LogP contribution in [-0.2, 0) is 9.53 Å². The third kappa shape index (κ3) is 4.18. The molecule has 0 aliphatic carbocycles. The Hall–Kier alpha value is -2.18. The zero-order valence-electron chi connectivity index (χ0n) is 10.9. The molecule has 0 bridgehead atoms. The molecule has 0 aromatic heterocycles. The zero-order valence-corrected chi connectivity index (χ0v) is 10.9. The summed E-state index contributed by atoms with van der Waals surface area (Å²) in [6.45, 7) is 1.99. The van der Waals surface area contributed by atoms with Gasteiger partial charge in [-0.25, -0.2) is 18.4 Å². The Bertz CT molecular complexity index is 473. The summed E-state index contributed by atoms with van der Waals surface area (Å²) in [6, 6.07) is 1.09. The van der Waals surface area contributed by atoms with Crippen molar-refractivity contribution in [2.24, 2.45) is 0 Å².